The Bertz CT molecular complexity index is 707. The SMILES string of the molecule is C[C@H]1CCN1Cc1cc2cnc(N)cc2n1COCC[Si](C)(C)C. The number of hydrogen-bond donors (Lipinski definition) is 1. The number of nitrogens with zero attached hydrogens (tertiary/aromatic N) is 3. The molecule has 0 aromatic carbocycles. The van der Waals surface area contributed by atoms with Crippen LogP contribution in [0, 0.1) is 0 Å². The quantitative estimate of drug-likeness (QED) is 0.615. The lowest BCUT2D eigenvalue weighted by atomic mass is 10.1. The van der Waals surface area contributed by atoms with Crippen molar-refractivity contribution < 1.29 is 4.74 Å². The topological polar surface area (TPSA) is 56.3 Å². The second-order valence-corrected chi connectivity index (χ2v) is 13.8. The molecular weight excluding hydrogens is 316 g/mol. The van der Waals surface area contributed by atoms with E-state index in [1.165, 1.54) is 24.7 Å². The Balaban J connectivity index is 1.78. The van der Waals surface area contributed by atoms with Crippen LogP contribution in [-0.4, -0.2) is 41.7 Å². The van der Waals surface area contributed by atoms with Gasteiger partial charge in [0.25, 0.3) is 0 Å². The average Bonchev–Trinajstić information content (AvgIpc) is 2.83. The maximum atomic E-state index is 6.02. The average molecular weight is 347 g/mol. The first-order valence-corrected chi connectivity index (χ1v) is 12.6. The number of hydrogen-bond acceptors (Lipinski definition) is 4. The van der Waals surface area contributed by atoms with Gasteiger partial charge in [0.2, 0.25) is 0 Å². The van der Waals surface area contributed by atoms with Gasteiger partial charge in [-0.25, -0.2) is 4.98 Å². The van der Waals surface area contributed by atoms with E-state index in [1.807, 2.05) is 12.3 Å². The van der Waals surface area contributed by atoms with Crippen LogP contribution in [0.1, 0.15) is 19.0 Å². The summed E-state index contributed by atoms with van der Waals surface area (Å²) < 4.78 is 8.29. The van der Waals surface area contributed by atoms with Crippen molar-refractivity contribution in [3.63, 3.8) is 0 Å². The highest BCUT2D eigenvalue weighted by Gasteiger charge is 2.25. The lowest BCUT2D eigenvalue weighted by molar-refractivity contribution is 0.0723. The Morgan fingerprint density at radius 3 is 2.75 bits per heavy atom. The molecule has 2 aromatic heterocycles. The zero-order valence-corrected chi connectivity index (χ0v) is 16.4. The van der Waals surface area contributed by atoms with Gasteiger partial charge in [-0.15, -0.1) is 0 Å². The molecule has 1 aliphatic rings. The molecule has 3 rings (SSSR count). The fourth-order valence-electron chi connectivity index (χ4n) is 3.06. The number of aromatic nitrogens is 2. The van der Waals surface area contributed by atoms with Gasteiger partial charge in [-0.05, 0) is 25.5 Å². The standard InChI is InChI=1S/C18H30N4OSi/c1-14-5-6-21(14)12-16-9-15-11-20-18(19)10-17(15)22(16)13-23-7-8-24(2,3)4/h9-11,14H,5-8,12-13H2,1-4H3,(H2,19,20)/t14-/m0/s1. The van der Waals surface area contributed by atoms with Crippen LogP contribution in [0.25, 0.3) is 10.9 Å². The fourth-order valence-corrected chi connectivity index (χ4v) is 3.82. The van der Waals surface area contributed by atoms with Crippen molar-refractivity contribution in [2.75, 3.05) is 18.9 Å². The zero-order chi connectivity index (χ0) is 17.3. The van der Waals surface area contributed by atoms with Crippen molar-refractivity contribution in [3.05, 3.63) is 24.0 Å². The van der Waals surface area contributed by atoms with Gasteiger partial charge in [-0.3, -0.25) is 4.90 Å². The highest BCUT2D eigenvalue weighted by molar-refractivity contribution is 6.76. The Labute approximate surface area is 145 Å². The highest BCUT2D eigenvalue weighted by Crippen LogP contribution is 2.26. The summed E-state index contributed by atoms with van der Waals surface area (Å²) in [5, 5.41) is 1.14. The van der Waals surface area contributed by atoms with Crippen LogP contribution in [-0.2, 0) is 18.0 Å². The Kier molecular flexibility index (Phi) is 4.99. The van der Waals surface area contributed by atoms with Crippen LogP contribution in [0.15, 0.2) is 18.3 Å². The predicted octanol–water partition coefficient (Wildman–Crippen LogP) is 3.53. The van der Waals surface area contributed by atoms with Crippen LogP contribution in [0.5, 0.6) is 0 Å². The van der Waals surface area contributed by atoms with Crippen LogP contribution < -0.4 is 5.73 Å². The van der Waals surface area contributed by atoms with Crippen molar-refractivity contribution in [3.8, 4) is 0 Å². The number of pyridine rings is 1. The molecule has 1 aliphatic heterocycles. The van der Waals surface area contributed by atoms with E-state index in [0.29, 0.717) is 18.6 Å². The summed E-state index contributed by atoms with van der Waals surface area (Å²) >= 11 is 0. The molecule has 24 heavy (non-hydrogen) atoms. The maximum absolute atomic E-state index is 6.02. The van der Waals surface area contributed by atoms with Gasteiger partial charge >= 0.3 is 0 Å². The molecule has 0 saturated carbocycles. The third-order valence-electron chi connectivity index (χ3n) is 4.93. The van der Waals surface area contributed by atoms with E-state index in [2.05, 4.69) is 47.1 Å². The van der Waals surface area contributed by atoms with Crippen molar-refractivity contribution in [1.82, 2.24) is 14.5 Å². The van der Waals surface area contributed by atoms with E-state index in [0.717, 1.165) is 24.1 Å². The molecule has 1 fully saturated rings. The number of nitrogen functional groups attached to an aromatic ring is 1. The minimum atomic E-state index is -1.06. The molecular formula is C18H30N4OSi. The monoisotopic (exact) mass is 346 g/mol. The molecule has 132 valence electrons. The van der Waals surface area contributed by atoms with Gasteiger partial charge in [-0.2, -0.15) is 0 Å². The van der Waals surface area contributed by atoms with Gasteiger partial charge in [0.1, 0.15) is 12.5 Å². The molecule has 0 radical (unpaired) electrons. The van der Waals surface area contributed by atoms with Crippen LogP contribution >= 0.6 is 0 Å². The number of rotatable bonds is 7. The Morgan fingerprint density at radius 2 is 2.12 bits per heavy atom. The summed E-state index contributed by atoms with van der Waals surface area (Å²) in [6.45, 7) is 13.0. The van der Waals surface area contributed by atoms with E-state index in [4.69, 9.17) is 10.5 Å². The van der Waals surface area contributed by atoms with Gasteiger partial charge in [0.05, 0.1) is 5.52 Å². The predicted molar refractivity (Wildman–Crippen MR) is 103 cm³/mol. The van der Waals surface area contributed by atoms with Crippen LogP contribution in [0.4, 0.5) is 5.82 Å². The first kappa shape index (κ1) is 17.4. The molecule has 2 N–H and O–H groups in total. The van der Waals surface area contributed by atoms with Crippen LogP contribution in [0.2, 0.25) is 25.7 Å². The smallest absolute Gasteiger partial charge is 0.125 e. The number of ether oxygens (including phenoxy) is 1. The van der Waals surface area contributed by atoms with Crippen molar-refractivity contribution in [2.24, 2.45) is 0 Å². The van der Waals surface area contributed by atoms with E-state index < -0.39 is 8.07 Å². The third kappa shape index (κ3) is 3.99. The summed E-state index contributed by atoms with van der Waals surface area (Å²) in [5.74, 6) is 0.563. The highest BCUT2D eigenvalue weighted by atomic mass is 28.3. The van der Waals surface area contributed by atoms with Crippen molar-refractivity contribution in [2.45, 2.75) is 58.3 Å². The van der Waals surface area contributed by atoms with Crippen molar-refractivity contribution in [1.29, 1.82) is 0 Å². The summed E-state index contributed by atoms with van der Waals surface area (Å²) in [6.07, 6.45) is 3.16. The van der Waals surface area contributed by atoms with Gasteiger partial charge < -0.3 is 15.0 Å². The number of anilines is 1. The lowest BCUT2D eigenvalue weighted by Crippen LogP contribution is -2.45. The second kappa shape index (κ2) is 6.86. The summed E-state index contributed by atoms with van der Waals surface area (Å²) in [7, 11) is -1.06. The molecule has 2 aromatic rings. The first-order valence-electron chi connectivity index (χ1n) is 8.89. The van der Waals surface area contributed by atoms with Gasteiger partial charge in [0.15, 0.2) is 0 Å². The molecule has 0 unspecified atom stereocenters. The number of fused-ring (bicyclic) bond motifs is 1. The van der Waals surface area contributed by atoms with Gasteiger partial charge in [0, 0.05) is 57.2 Å². The molecule has 0 bridgehead atoms. The summed E-state index contributed by atoms with van der Waals surface area (Å²) in [4.78, 5) is 6.74. The summed E-state index contributed by atoms with van der Waals surface area (Å²) in [6, 6.07) is 6.05. The lowest BCUT2D eigenvalue weighted by Gasteiger charge is -2.38. The van der Waals surface area contributed by atoms with E-state index in [-0.39, 0.29) is 0 Å². The first-order chi connectivity index (χ1) is 11.3. The summed E-state index contributed by atoms with van der Waals surface area (Å²) in [5.41, 5.74) is 8.32. The Hall–Kier alpha value is -1.37. The van der Waals surface area contributed by atoms with E-state index in [9.17, 15) is 0 Å². The van der Waals surface area contributed by atoms with Gasteiger partial charge in [-0.1, -0.05) is 19.6 Å². The molecule has 6 heteroatoms. The minimum absolute atomic E-state index is 0.563. The van der Waals surface area contributed by atoms with Crippen LogP contribution in [0.3, 0.4) is 0 Å². The molecule has 0 amide bonds. The fraction of sp³-hybridized carbons (Fsp3) is 0.611. The minimum Gasteiger partial charge on any atom is -0.384 e. The largest absolute Gasteiger partial charge is 0.384 e. The number of nitrogens with two attached hydrogens (primary N) is 1. The molecule has 0 spiro atoms. The zero-order valence-electron chi connectivity index (χ0n) is 15.4. The third-order valence-corrected chi connectivity index (χ3v) is 6.64. The van der Waals surface area contributed by atoms with E-state index in [1.54, 1.807) is 0 Å². The molecule has 3 heterocycles. The molecule has 1 atom stereocenters. The Morgan fingerprint density at radius 1 is 1.33 bits per heavy atom. The van der Waals surface area contributed by atoms with Crippen molar-refractivity contribution >= 4 is 24.8 Å². The molecule has 0 aliphatic carbocycles. The molecule has 5 nitrogen and oxygen atoms in total. The maximum Gasteiger partial charge on any atom is 0.125 e. The normalized spacial score (nSPS) is 18.9. The number of likely N-dealkylation sites (tertiary alicyclic amines) is 1. The molecule has 1 saturated heterocycles. The second-order valence-electron chi connectivity index (χ2n) is 8.19. The van der Waals surface area contributed by atoms with E-state index >= 15 is 0 Å².